The second kappa shape index (κ2) is 7.50. The van der Waals surface area contributed by atoms with Gasteiger partial charge in [0.2, 0.25) is 0 Å². The number of carbonyl (C=O) groups is 1. The molecule has 1 fully saturated rings. The van der Waals surface area contributed by atoms with E-state index in [9.17, 15) is 9.90 Å². The summed E-state index contributed by atoms with van der Waals surface area (Å²) in [7, 11) is 2.16. The van der Waals surface area contributed by atoms with Gasteiger partial charge in [-0.05, 0) is 37.5 Å². The van der Waals surface area contributed by atoms with E-state index >= 15 is 0 Å². The van der Waals surface area contributed by atoms with E-state index in [1.165, 1.54) is 0 Å². The minimum absolute atomic E-state index is 0.142. The van der Waals surface area contributed by atoms with Gasteiger partial charge in [-0.1, -0.05) is 0 Å². The van der Waals surface area contributed by atoms with E-state index in [4.69, 9.17) is 0 Å². The number of aromatic amines is 1. The summed E-state index contributed by atoms with van der Waals surface area (Å²) in [5.74, 6) is -0.250. The third-order valence-electron chi connectivity index (χ3n) is 5.16. The molecule has 0 atom stereocenters. The number of carboxylic acids is 1. The van der Waals surface area contributed by atoms with Crippen molar-refractivity contribution in [2.45, 2.75) is 6.42 Å². The number of piperazine rings is 1. The Hall–Kier alpha value is -2.71. The van der Waals surface area contributed by atoms with Gasteiger partial charge in [-0.2, -0.15) is 0 Å². The van der Waals surface area contributed by atoms with Crippen molar-refractivity contribution < 1.29 is 9.90 Å². The topological polar surface area (TPSA) is 97.4 Å². The van der Waals surface area contributed by atoms with E-state index in [-0.39, 0.29) is 5.69 Å². The minimum Gasteiger partial charge on any atom is -0.477 e. The summed E-state index contributed by atoms with van der Waals surface area (Å²) in [5, 5.41) is 15.3. The summed E-state index contributed by atoms with van der Waals surface area (Å²) < 4.78 is 0. The van der Waals surface area contributed by atoms with Crippen LogP contribution in [0.25, 0.3) is 21.8 Å². The van der Waals surface area contributed by atoms with Crippen molar-refractivity contribution in [3.63, 3.8) is 0 Å². The number of hydrogen-bond donors (Lipinski definition) is 3. The van der Waals surface area contributed by atoms with Crippen molar-refractivity contribution in [1.29, 1.82) is 0 Å². The van der Waals surface area contributed by atoms with E-state index in [0.29, 0.717) is 5.65 Å². The Morgan fingerprint density at radius 2 is 2.07 bits per heavy atom. The Bertz CT molecular complexity index is 961. The third-order valence-corrected chi connectivity index (χ3v) is 5.16. The number of H-pyrrole nitrogens is 1. The fourth-order valence-electron chi connectivity index (χ4n) is 3.56. The van der Waals surface area contributed by atoms with E-state index < -0.39 is 5.97 Å². The number of fused-ring (bicyclic) bond motifs is 3. The maximum atomic E-state index is 11.3. The van der Waals surface area contributed by atoms with E-state index in [1.54, 1.807) is 18.5 Å². The first-order chi connectivity index (χ1) is 13.1. The summed E-state index contributed by atoms with van der Waals surface area (Å²) in [6, 6.07) is 3.53. The van der Waals surface area contributed by atoms with Crippen molar-refractivity contribution in [2.75, 3.05) is 51.6 Å². The number of rotatable bonds is 6. The van der Waals surface area contributed by atoms with Gasteiger partial charge >= 0.3 is 5.97 Å². The Morgan fingerprint density at radius 3 is 2.85 bits per heavy atom. The van der Waals surface area contributed by atoms with Gasteiger partial charge < -0.3 is 25.2 Å². The number of aromatic carboxylic acids is 1. The first-order valence-corrected chi connectivity index (χ1v) is 9.26. The molecule has 0 aromatic carbocycles. The van der Waals surface area contributed by atoms with Gasteiger partial charge in [0.15, 0.2) is 0 Å². The monoisotopic (exact) mass is 368 g/mol. The lowest BCUT2D eigenvalue weighted by atomic mass is 10.1. The van der Waals surface area contributed by atoms with Crippen molar-refractivity contribution >= 4 is 33.6 Å². The molecule has 0 amide bonds. The quantitative estimate of drug-likeness (QED) is 0.571. The Kier molecular flexibility index (Phi) is 4.91. The van der Waals surface area contributed by atoms with Crippen molar-refractivity contribution in [3.05, 3.63) is 30.2 Å². The molecule has 4 heterocycles. The molecule has 1 aliphatic heterocycles. The zero-order valence-electron chi connectivity index (χ0n) is 15.4. The maximum Gasteiger partial charge on any atom is 0.352 e. The average Bonchev–Trinajstić information content (AvgIpc) is 3.11. The number of anilines is 1. The van der Waals surface area contributed by atoms with Gasteiger partial charge in [-0.25, -0.2) is 9.78 Å². The first kappa shape index (κ1) is 17.7. The summed E-state index contributed by atoms with van der Waals surface area (Å²) >= 11 is 0. The molecule has 8 nitrogen and oxygen atoms in total. The van der Waals surface area contributed by atoms with Crippen LogP contribution in [0.1, 0.15) is 16.9 Å². The molecule has 1 aliphatic rings. The van der Waals surface area contributed by atoms with Crippen LogP contribution < -0.4 is 5.32 Å². The minimum atomic E-state index is -0.989. The predicted octanol–water partition coefficient (Wildman–Crippen LogP) is 1.86. The lowest BCUT2D eigenvalue weighted by Crippen LogP contribution is -2.44. The van der Waals surface area contributed by atoms with E-state index in [2.05, 4.69) is 37.1 Å². The molecule has 3 N–H and O–H groups in total. The molecule has 0 saturated carbocycles. The van der Waals surface area contributed by atoms with Crippen molar-refractivity contribution in [3.8, 4) is 0 Å². The summed E-state index contributed by atoms with van der Waals surface area (Å²) in [4.78, 5) is 27.8. The van der Waals surface area contributed by atoms with Crippen LogP contribution in [-0.2, 0) is 0 Å². The molecule has 142 valence electrons. The normalized spacial score (nSPS) is 16.2. The number of likely N-dealkylation sites (N-methyl/N-ethyl adjacent to an activating group) is 1. The van der Waals surface area contributed by atoms with Gasteiger partial charge in [-0.3, -0.25) is 4.98 Å². The highest BCUT2D eigenvalue weighted by Gasteiger charge is 2.15. The third kappa shape index (κ3) is 3.72. The van der Waals surface area contributed by atoms with Crippen LogP contribution in [0.15, 0.2) is 24.5 Å². The van der Waals surface area contributed by atoms with E-state index in [1.807, 2.05) is 6.07 Å². The van der Waals surface area contributed by atoms with Gasteiger partial charge in [-0.15, -0.1) is 0 Å². The second-order valence-electron chi connectivity index (χ2n) is 7.06. The molecule has 3 aromatic heterocycles. The molecule has 3 aromatic rings. The van der Waals surface area contributed by atoms with Gasteiger partial charge in [0.05, 0.1) is 0 Å². The second-order valence-corrected chi connectivity index (χ2v) is 7.06. The largest absolute Gasteiger partial charge is 0.477 e. The lowest BCUT2D eigenvalue weighted by Gasteiger charge is -2.32. The molecule has 8 heteroatoms. The van der Waals surface area contributed by atoms with Crippen LogP contribution in [0, 0.1) is 0 Å². The highest BCUT2D eigenvalue weighted by molar-refractivity contribution is 6.10. The molecule has 0 aliphatic carbocycles. The number of nitrogens with zero attached hydrogens (tertiary/aromatic N) is 4. The van der Waals surface area contributed by atoms with Gasteiger partial charge in [0, 0.05) is 55.9 Å². The number of pyridine rings is 2. The molecule has 0 radical (unpaired) electrons. The zero-order chi connectivity index (χ0) is 18.8. The summed E-state index contributed by atoms with van der Waals surface area (Å²) in [6.07, 6.45) is 4.51. The average molecular weight is 368 g/mol. The van der Waals surface area contributed by atoms with Crippen LogP contribution in [0.3, 0.4) is 0 Å². The number of nitrogens with one attached hydrogen (secondary N) is 2. The van der Waals surface area contributed by atoms with E-state index in [0.717, 1.165) is 67.7 Å². The highest BCUT2D eigenvalue weighted by Crippen LogP contribution is 2.29. The molecule has 1 saturated heterocycles. The zero-order valence-corrected chi connectivity index (χ0v) is 15.4. The number of aromatic nitrogens is 3. The molecule has 4 rings (SSSR count). The smallest absolute Gasteiger partial charge is 0.352 e. The fourth-order valence-corrected chi connectivity index (χ4v) is 3.56. The molecular weight excluding hydrogens is 344 g/mol. The molecule has 0 bridgehead atoms. The standard InChI is InChI=1S/C19H24N6O2/c1-24-7-9-25(10-8-24)6-2-4-21-17-15-12-20-5-3-13(15)14-11-16(19(26)27)22-18(14)23-17/h3,5,11-12H,2,4,6-10H2,1H3,(H,26,27)(H2,21,22,23). The first-order valence-electron chi connectivity index (χ1n) is 9.26. The Balaban J connectivity index is 1.49. The van der Waals surface area contributed by atoms with Gasteiger partial charge in [0.1, 0.15) is 17.2 Å². The molecule has 0 spiro atoms. The van der Waals surface area contributed by atoms with Crippen molar-refractivity contribution in [2.24, 2.45) is 0 Å². The SMILES string of the molecule is CN1CCN(CCCNc2nc3[nH]c(C(=O)O)cc3c3ccncc23)CC1. The summed E-state index contributed by atoms with van der Waals surface area (Å²) in [5.41, 5.74) is 0.718. The van der Waals surface area contributed by atoms with Crippen LogP contribution in [-0.4, -0.2) is 82.1 Å². The van der Waals surface area contributed by atoms with Crippen LogP contribution in [0.5, 0.6) is 0 Å². The van der Waals surface area contributed by atoms with Crippen LogP contribution in [0.4, 0.5) is 5.82 Å². The van der Waals surface area contributed by atoms with Crippen molar-refractivity contribution in [1.82, 2.24) is 24.8 Å². The van der Waals surface area contributed by atoms with Gasteiger partial charge in [0.25, 0.3) is 0 Å². The number of carboxylic acid groups (broad SMARTS) is 1. The molecular formula is C19H24N6O2. The Labute approximate surface area is 157 Å². The maximum absolute atomic E-state index is 11.3. The predicted molar refractivity (Wildman–Crippen MR) is 105 cm³/mol. The van der Waals surface area contributed by atoms with Crippen LogP contribution >= 0.6 is 0 Å². The number of hydrogen-bond acceptors (Lipinski definition) is 6. The summed E-state index contributed by atoms with van der Waals surface area (Å²) in [6.45, 7) is 6.36. The highest BCUT2D eigenvalue weighted by atomic mass is 16.4. The molecule has 0 unspecified atom stereocenters. The van der Waals surface area contributed by atoms with Crippen LogP contribution in [0.2, 0.25) is 0 Å². The fraction of sp³-hybridized carbons (Fsp3) is 0.421. The Morgan fingerprint density at radius 1 is 1.26 bits per heavy atom. The molecule has 27 heavy (non-hydrogen) atoms. The lowest BCUT2D eigenvalue weighted by molar-refractivity contribution is 0.0691.